The first-order valence-electron chi connectivity index (χ1n) is 6.85. The summed E-state index contributed by atoms with van der Waals surface area (Å²) >= 11 is 0. The van der Waals surface area contributed by atoms with Crippen LogP contribution in [0.25, 0.3) is 0 Å². The minimum atomic E-state index is -0.218. The van der Waals surface area contributed by atoms with Crippen molar-refractivity contribution in [3.05, 3.63) is 30.3 Å². The van der Waals surface area contributed by atoms with Crippen molar-refractivity contribution in [2.24, 2.45) is 5.92 Å². The van der Waals surface area contributed by atoms with Gasteiger partial charge in [0.1, 0.15) is 0 Å². The number of unbranched alkanes of at least 4 members (excludes halogenated alkanes) is 1. The number of hydrogen-bond acceptors (Lipinski definition) is 2. The number of amides is 2. The number of benzene rings is 1. The molecule has 1 aromatic carbocycles. The van der Waals surface area contributed by atoms with E-state index in [0.717, 1.165) is 18.5 Å². The Bertz CT molecular complexity index is 445. The maximum Gasteiger partial charge on any atom is 0.232 e. The van der Waals surface area contributed by atoms with Gasteiger partial charge in [-0.25, -0.2) is 0 Å². The van der Waals surface area contributed by atoms with Crippen LogP contribution in [0.3, 0.4) is 0 Å². The van der Waals surface area contributed by atoms with Gasteiger partial charge in [-0.2, -0.15) is 0 Å². The summed E-state index contributed by atoms with van der Waals surface area (Å²) in [7, 11) is 0. The Kier molecular flexibility index (Phi) is 4.55. The third-order valence-electron chi connectivity index (χ3n) is 3.40. The Morgan fingerprint density at radius 1 is 1.37 bits per heavy atom. The van der Waals surface area contributed by atoms with Gasteiger partial charge < -0.3 is 10.2 Å². The van der Waals surface area contributed by atoms with Crippen molar-refractivity contribution in [3.8, 4) is 0 Å². The average Bonchev–Trinajstić information content (AvgIpc) is 2.87. The molecule has 1 aliphatic heterocycles. The van der Waals surface area contributed by atoms with E-state index in [0.29, 0.717) is 19.5 Å². The van der Waals surface area contributed by atoms with Crippen molar-refractivity contribution in [1.29, 1.82) is 0 Å². The molecule has 0 radical (unpaired) electrons. The molecule has 0 bridgehead atoms. The zero-order valence-corrected chi connectivity index (χ0v) is 11.3. The Morgan fingerprint density at radius 2 is 2.11 bits per heavy atom. The predicted octanol–water partition coefficient (Wildman–Crippen LogP) is 1.96. The van der Waals surface area contributed by atoms with Crippen LogP contribution >= 0.6 is 0 Å². The minimum absolute atomic E-state index is 0.0261. The highest BCUT2D eigenvalue weighted by molar-refractivity contribution is 5.98. The zero-order chi connectivity index (χ0) is 13.7. The van der Waals surface area contributed by atoms with Crippen LogP contribution in [-0.4, -0.2) is 24.9 Å². The summed E-state index contributed by atoms with van der Waals surface area (Å²) in [6.45, 7) is 3.28. The van der Waals surface area contributed by atoms with E-state index < -0.39 is 0 Å². The van der Waals surface area contributed by atoms with E-state index >= 15 is 0 Å². The molecule has 1 N–H and O–H groups in total. The quantitative estimate of drug-likeness (QED) is 0.879. The molecule has 1 aliphatic rings. The minimum Gasteiger partial charge on any atom is -0.355 e. The SMILES string of the molecule is CCCCN(C(=O)C1CNC(=O)C1)c1ccccc1. The Labute approximate surface area is 113 Å². The van der Waals surface area contributed by atoms with Gasteiger partial charge in [0.05, 0.1) is 5.92 Å². The standard InChI is InChI=1S/C15H20N2O2/c1-2-3-9-17(13-7-5-4-6-8-13)15(19)12-10-14(18)16-11-12/h4-8,12H,2-3,9-11H2,1H3,(H,16,18). The molecule has 1 fully saturated rings. The van der Waals surface area contributed by atoms with E-state index in [1.807, 2.05) is 35.2 Å². The molecule has 19 heavy (non-hydrogen) atoms. The highest BCUT2D eigenvalue weighted by Gasteiger charge is 2.31. The second-order valence-electron chi connectivity index (χ2n) is 4.88. The topological polar surface area (TPSA) is 49.4 Å². The summed E-state index contributed by atoms with van der Waals surface area (Å²) < 4.78 is 0. The van der Waals surface area contributed by atoms with Crippen LogP contribution in [0.15, 0.2) is 30.3 Å². The van der Waals surface area contributed by atoms with Gasteiger partial charge in [-0.3, -0.25) is 9.59 Å². The summed E-state index contributed by atoms with van der Waals surface area (Å²) in [4.78, 5) is 25.6. The Balaban J connectivity index is 2.13. The van der Waals surface area contributed by atoms with E-state index in [1.54, 1.807) is 0 Å². The molecule has 2 rings (SSSR count). The van der Waals surface area contributed by atoms with Crippen molar-refractivity contribution in [2.75, 3.05) is 18.0 Å². The number of nitrogens with zero attached hydrogens (tertiary/aromatic N) is 1. The lowest BCUT2D eigenvalue weighted by Crippen LogP contribution is -2.37. The molecule has 1 unspecified atom stereocenters. The average molecular weight is 260 g/mol. The summed E-state index contributed by atoms with van der Waals surface area (Å²) in [5.41, 5.74) is 0.917. The van der Waals surface area contributed by atoms with Crippen molar-refractivity contribution >= 4 is 17.5 Å². The van der Waals surface area contributed by atoms with Gasteiger partial charge >= 0.3 is 0 Å². The van der Waals surface area contributed by atoms with E-state index in [1.165, 1.54) is 0 Å². The summed E-state index contributed by atoms with van der Waals surface area (Å²) in [5, 5.41) is 2.73. The Morgan fingerprint density at radius 3 is 2.68 bits per heavy atom. The summed E-state index contributed by atoms with van der Waals surface area (Å²) in [5.74, 6) is -0.190. The first-order valence-corrected chi connectivity index (χ1v) is 6.85. The van der Waals surface area contributed by atoms with Gasteiger partial charge in [0.15, 0.2) is 0 Å². The maximum atomic E-state index is 12.5. The lowest BCUT2D eigenvalue weighted by Gasteiger charge is -2.25. The zero-order valence-electron chi connectivity index (χ0n) is 11.3. The number of rotatable bonds is 5. The van der Waals surface area contributed by atoms with E-state index in [4.69, 9.17) is 0 Å². The largest absolute Gasteiger partial charge is 0.355 e. The number of anilines is 1. The summed E-state index contributed by atoms with van der Waals surface area (Å²) in [6.07, 6.45) is 2.32. The van der Waals surface area contributed by atoms with Crippen molar-refractivity contribution in [1.82, 2.24) is 5.32 Å². The van der Waals surface area contributed by atoms with Crippen LogP contribution < -0.4 is 10.2 Å². The second-order valence-corrected chi connectivity index (χ2v) is 4.88. The highest BCUT2D eigenvalue weighted by atomic mass is 16.2. The van der Waals surface area contributed by atoms with Crippen LogP contribution in [0.1, 0.15) is 26.2 Å². The fourth-order valence-electron chi connectivity index (χ4n) is 2.29. The third kappa shape index (κ3) is 3.34. The van der Waals surface area contributed by atoms with Crippen LogP contribution in [0, 0.1) is 5.92 Å². The summed E-state index contributed by atoms with van der Waals surface area (Å²) in [6, 6.07) is 9.68. The molecular formula is C15H20N2O2. The number of hydrogen-bond donors (Lipinski definition) is 1. The van der Waals surface area contributed by atoms with Crippen molar-refractivity contribution < 1.29 is 9.59 Å². The fraction of sp³-hybridized carbons (Fsp3) is 0.467. The normalized spacial score (nSPS) is 18.2. The van der Waals surface area contributed by atoms with Gasteiger partial charge in [0, 0.05) is 25.2 Å². The first kappa shape index (κ1) is 13.6. The molecule has 0 saturated carbocycles. The molecule has 1 heterocycles. The number of carbonyl (C=O) groups excluding carboxylic acids is 2. The van der Waals surface area contributed by atoms with Crippen LogP contribution in [-0.2, 0) is 9.59 Å². The molecule has 1 saturated heterocycles. The molecule has 0 aromatic heterocycles. The van der Waals surface area contributed by atoms with Gasteiger partial charge in [-0.1, -0.05) is 31.5 Å². The molecular weight excluding hydrogens is 240 g/mol. The van der Waals surface area contributed by atoms with Crippen LogP contribution in [0.2, 0.25) is 0 Å². The molecule has 0 aliphatic carbocycles. The van der Waals surface area contributed by atoms with Gasteiger partial charge in [0.2, 0.25) is 11.8 Å². The third-order valence-corrected chi connectivity index (χ3v) is 3.40. The fourth-order valence-corrected chi connectivity index (χ4v) is 2.29. The molecule has 102 valence electrons. The smallest absolute Gasteiger partial charge is 0.232 e. The number of nitrogens with one attached hydrogen (secondary N) is 1. The van der Waals surface area contributed by atoms with Gasteiger partial charge in [-0.05, 0) is 18.6 Å². The van der Waals surface area contributed by atoms with Crippen molar-refractivity contribution in [2.45, 2.75) is 26.2 Å². The maximum absolute atomic E-state index is 12.5. The molecule has 2 amide bonds. The highest BCUT2D eigenvalue weighted by Crippen LogP contribution is 2.20. The van der Waals surface area contributed by atoms with E-state index in [-0.39, 0.29) is 17.7 Å². The molecule has 4 nitrogen and oxygen atoms in total. The monoisotopic (exact) mass is 260 g/mol. The van der Waals surface area contributed by atoms with Crippen molar-refractivity contribution in [3.63, 3.8) is 0 Å². The molecule has 0 spiro atoms. The number of carbonyl (C=O) groups is 2. The van der Waals surface area contributed by atoms with Crippen LogP contribution in [0.4, 0.5) is 5.69 Å². The number of para-hydroxylation sites is 1. The van der Waals surface area contributed by atoms with Crippen LogP contribution in [0.5, 0.6) is 0 Å². The lowest BCUT2D eigenvalue weighted by molar-refractivity contribution is -0.124. The van der Waals surface area contributed by atoms with Gasteiger partial charge in [-0.15, -0.1) is 0 Å². The van der Waals surface area contributed by atoms with E-state index in [9.17, 15) is 9.59 Å². The second kappa shape index (κ2) is 6.36. The predicted molar refractivity (Wildman–Crippen MR) is 74.8 cm³/mol. The Hall–Kier alpha value is -1.84. The first-order chi connectivity index (χ1) is 9.22. The molecule has 1 atom stereocenters. The molecule has 4 heteroatoms. The van der Waals surface area contributed by atoms with Gasteiger partial charge in [0.25, 0.3) is 0 Å². The molecule has 1 aromatic rings. The lowest BCUT2D eigenvalue weighted by atomic mass is 10.1. The van der Waals surface area contributed by atoms with E-state index in [2.05, 4.69) is 12.2 Å².